The van der Waals surface area contributed by atoms with Gasteiger partial charge in [-0.25, -0.2) is 4.79 Å². The Hall–Kier alpha value is -3.37. The molecule has 2 rings (SSSR count). The maximum atomic E-state index is 12.9. The van der Waals surface area contributed by atoms with Crippen LogP contribution in [0, 0.1) is 10.1 Å². The lowest BCUT2D eigenvalue weighted by Gasteiger charge is -2.35. The van der Waals surface area contributed by atoms with Crippen molar-refractivity contribution < 1.29 is 36.8 Å². The first-order chi connectivity index (χ1) is 13.8. The summed E-state index contributed by atoms with van der Waals surface area (Å²) in [6, 6.07) is 6.57. The monoisotopic (exact) mass is 428 g/mol. The summed E-state index contributed by atoms with van der Waals surface area (Å²) >= 11 is 0. The third-order valence-electron chi connectivity index (χ3n) is 4.01. The number of hydrogen-bond donors (Lipinski definition) is 0. The van der Waals surface area contributed by atoms with Gasteiger partial charge in [0.1, 0.15) is 4.92 Å². The van der Waals surface area contributed by atoms with Gasteiger partial charge < -0.3 is 14.1 Å². The molecule has 162 valence electrons. The molecular formula is C19H19F3N2O6. The number of esters is 1. The number of nitrogens with zero attached hydrogens (tertiary/aromatic N) is 2. The Morgan fingerprint density at radius 1 is 1.17 bits per heavy atom. The fourth-order valence-electron chi connectivity index (χ4n) is 2.54. The van der Waals surface area contributed by atoms with E-state index in [1.807, 2.05) is 0 Å². The predicted molar refractivity (Wildman–Crippen MR) is 97.4 cm³/mol. The van der Waals surface area contributed by atoms with E-state index in [2.05, 4.69) is 0 Å². The molecule has 1 aromatic carbocycles. The van der Waals surface area contributed by atoms with Gasteiger partial charge in [-0.3, -0.25) is 14.9 Å². The van der Waals surface area contributed by atoms with E-state index in [9.17, 15) is 32.9 Å². The molecule has 0 N–H and O–H groups in total. The van der Waals surface area contributed by atoms with E-state index in [1.165, 1.54) is 17.0 Å². The first kappa shape index (κ1) is 22.9. The summed E-state index contributed by atoms with van der Waals surface area (Å²) in [5.41, 5.74) is -1.38. The Labute approximate surface area is 169 Å². The molecule has 30 heavy (non-hydrogen) atoms. The van der Waals surface area contributed by atoms with Crippen molar-refractivity contribution >= 4 is 17.8 Å². The van der Waals surface area contributed by atoms with Crippen LogP contribution in [0.5, 0.6) is 0 Å². The third kappa shape index (κ3) is 5.82. The standard InChI is InChI=1S/C19H19F3N2O6/c1-18(2,3)23(10-12-5-4-6-13(9-12)19(20,21)22)15(25)11-29-17(26)14-7-8-16(30-14)24(27)28/h4-9H,10-11H2,1-3H3. The highest BCUT2D eigenvalue weighted by Crippen LogP contribution is 2.30. The number of carbonyl (C=O) groups is 2. The smallest absolute Gasteiger partial charge is 0.433 e. The van der Waals surface area contributed by atoms with Gasteiger partial charge in [0.2, 0.25) is 5.76 Å². The second-order valence-corrected chi connectivity index (χ2v) is 7.32. The molecule has 0 fully saturated rings. The lowest BCUT2D eigenvalue weighted by molar-refractivity contribution is -0.402. The molecule has 0 unspecified atom stereocenters. The van der Waals surface area contributed by atoms with E-state index in [-0.39, 0.29) is 12.1 Å². The van der Waals surface area contributed by atoms with Crippen molar-refractivity contribution in [2.24, 2.45) is 0 Å². The predicted octanol–water partition coefficient (Wildman–Crippen LogP) is 4.19. The Balaban J connectivity index is 2.10. The summed E-state index contributed by atoms with van der Waals surface area (Å²) in [4.78, 5) is 35.6. The number of nitro groups is 1. The van der Waals surface area contributed by atoms with Crippen LogP contribution in [0.25, 0.3) is 0 Å². The number of benzene rings is 1. The van der Waals surface area contributed by atoms with Crippen molar-refractivity contribution in [3.8, 4) is 0 Å². The van der Waals surface area contributed by atoms with Crippen LogP contribution in [0.2, 0.25) is 0 Å². The van der Waals surface area contributed by atoms with Crippen molar-refractivity contribution in [3.63, 3.8) is 0 Å². The molecule has 0 bridgehead atoms. The van der Waals surface area contributed by atoms with Gasteiger partial charge in [0.05, 0.1) is 11.6 Å². The SMILES string of the molecule is CC(C)(C)N(Cc1cccc(C(F)(F)F)c1)C(=O)COC(=O)c1ccc([N+](=O)[O-])o1. The zero-order valence-electron chi connectivity index (χ0n) is 16.4. The van der Waals surface area contributed by atoms with E-state index >= 15 is 0 Å². The maximum Gasteiger partial charge on any atom is 0.433 e. The van der Waals surface area contributed by atoms with Crippen LogP contribution >= 0.6 is 0 Å². The molecule has 11 heteroatoms. The van der Waals surface area contributed by atoms with Gasteiger partial charge in [-0.15, -0.1) is 0 Å². The Morgan fingerprint density at radius 3 is 2.37 bits per heavy atom. The van der Waals surface area contributed by atoms with Crippen molar-refractivity contribution in [1.82, 2.24) is 4.90 Å². The molecule has 1 aromatic heterocycles. The number of furan rings is 1. The lowest BCUT2D eigenvalue weighted by Crippen LogP contribution is -2.46. The fraction of sp³-hybridized carbons (Fsp3) is 0.368. The van der Waals surface area contributed by atoms with Gasteiger partial charge in [0.25, 0.3) is 5.91 Å². The zero-order chi connectivity index (χ0) is 22.7. The number of carbonyl (C=O) groups excluding carboxylic acids is 2. The van der Waals surface area contributed by atoms with E-state index in [0.717, 1.165) is 24.3 Å². The minimum atomic E-state index is -4.52. The van der Waals surface area contributed by atoms with E-state index in [1.54, 1.807) is 20.8 Å². The van der Waals surface area contributed by atoms with Crippen molar-refractivity contribution in [3.05, 3.63) is 63.4 Å². The summed E-state index contributed by atoms with van der Waals surface area (Å²) in [5.74, 6) is -2.84. The number of hydrogen-bond acceptors (Lipinski definition) is 6. The van der Waals surface area contributed by atoms with Crippen LogP contribution < -0.4 is 0 Å². The summed E-state index contributed by atoms with van der Waals surface area (Å²) in [6.45, 7) is 4.17. The summed E-state index contributed by atoms with van der Waals surface area (Å²) in [7, 11) is 0. The van der Waals surface area contributed by atoms with Crippen LogP contribution in [-0.2, 0) is 22.3 Å². The summed E-state index contributed by atoms with van der Waals surface area (Å²) in [5, 5.41) is 10.6. The first-order valence-corrected chi connectivity index (χ1v) is 8.67. The van der Waals surface area contributed by atoms with Crippen LogP contribution in [0.3, 0.4) is 0 Å². The summed E-state index contributed by atoms with van der Waals surface area (Å²) < 4.78 is 48.3. The number of halogens is 3. The van der Waals surface area contributed by atoms with Crippen LogP contribution in [0.1, 0.15) is 42.5 Å². The molecule has 0 saturated heterocycles. The van der Waals surface area contributed by atoms with Gasteiger partial charge in [0.15, 0.2) is 6.61 Å². The molecule has 0 aliphatic carbocycles. The highest BCUT2D eigenvalue weighted by Gasteiger charge is 2.32. The lowest BCUT2D eigenvalue weighted by atomic mass is 10.0. The van der Waals surface area contributed by atoms with E-state index < -0.39 is 52.3 Å². The van der Waals surface area contributed by atoms with Gasteiger partial charge in [-0.2, -0.15) is 13.2 Å². The first-order valence-electron chi connectivity index (χ1n) is 8.67. The number of amides is 1. The molecular weight excluding hydrogens is 409 g/mol. The number of alkyl halides is 3. The van der Waals surface area contributed by atoms with Crippen LogP contribution in [0.15, 0.2) is 40.8 Å². The number of ether oxygens (including phenoxy) is 1. The van der Waals surface area contributed by atoms with Crippen LogP contribution in [0.4, 0.5) is 19.1 Å². The molecule has 0 saturated carbocycles. The van der Waals surface area contributed by atoms with Gasteiger partial charge >= 0.3 is 18.0 Å². The molecule has 1 heterocycles. The van der Waals surface area contributed by atoms with Crippen LogP contribution in [-0.4, -0.2) is 33.8 Å². The molecule has 0 aliphatic rings. The molecule has 0 atom stereocenters. The van der Waals surface area contributed by atoms with Gasteiger partial charge in [-0.1, -0.05) is 12.1 Å². The summed E-state index contributed by atoms with van der Waals surface area (Å²) in [6.07, 6.45) is -4.52. The van der Waals surface area contributed by atoms with Crippen molar-refractivity contribution in [2.75, 3.05) is 6.61 Å². The Bertz CT molecular complexity index is 946. The average Bonchev–Trinajstić information content (AvgIpc) is 3.13. The highest BCUT2D eigenvalue weighted by atomic mass is 19.4. The van der Waals surface area contributed by atoms with E-state index in [4.69, 9.17) is 9.15 Å². The van der Waals surface area contributed by atoms with E-state index in [0.29, 0.717) is 0 Å². The largest absolute Gasteiger partial charge is 0.450 e. The second kappa shape index (κ2) is 8.56. The molecule has 0 radical (unpaired) electrons. The maximum absolute atomic E-state index is 12.9. The minimum Gasteiger partial charge on any atom is -0.450 e. The fourth-order valence-corrected chi connectivity index (χ4v) is 2.54. The van der Waals surface area contributed by atoms with Gasteiger partial charge in [-0.05, 0) is 44.5 Å². The molecule has 2 aromatic rings. The van der Waals surface area contributed by atoms with Crippen molar-refractivity contribution in [1.29, 1.82) is 0 Å². The molecule has 0 aliphatic heterocycles. The zero-order valence-corrected chi connectivity index (χ0v) is 16.4. The normalized spacial score (nSPS) is 11.8. The Morgan fingerprint density at radius 2 is 1.83 bits per heavy atom. The van der Waals surface area contributed by atoms with Crippen molar-refractivity contribution in [2.45, 2.75) is 39.0 Å². The van der Waals surface area contributed by atoms with Gasteiger partial charge in [0, 0.05) is 12.1 Å². The molecule has 1 amide bonds. The second-order valence-electron chi connectivity index (χ2n) is 7.32. The Kier molecular flexibility index (Phi) is 6.53. The highest BCUT2D eigenvalue weighted by molar-refractivity contribution is 5.89. The number of rotatable bonds is 6. The minimum absolute atomic E-state index is 0.143. The molecule has 8 nitrogen and oxygen atoms in total. The molecule has 0 spiro atoms. The third-order valence-corrected chi connectivity index (χ3v) is 4.01. The quantitative estimate of drug-likeness (QED) is 0.388. The average molecular weight is 428 g/mol. The topological polar surface area (TPSA) is 103 Å².